The Bertz CT molecular complexity index is 352. The Labute approximate surface area is 85.0 Å². The number of aryl methyl sites for hydroxylation is 2. The van der Waals surface area contributed by atoms with E-state index in [0.717, 1.165) is 23.6 Å². The van der Waals surface area contributed by atoms with Crippen molar-refractivity contribution in [2.24, 2.45) is 0 Å². The molecule has 1 aromatic rings. The van der Waals surface area contributed by atoms with Gasteiger partial charge in [0.05, 0.1) is 23.6 Å². The van der Waals surface area contributed by atoms with E-state index in [4.69, 9.17) is 6.42 Å². The number of aromatic nitrogens is 2. The molecule has 0 radical (unpaired) electrons. The lowest BCUT2D eigenvalue weighted by Gasteiger charge is -2.11. The lowest BCUT2D eigenvalue weighted by molar-refractivity contribution is 0.845. The summed E-state index contributed by atoms with van der Waals surface area (Å²) in [5.74, 6) is 3.40. The molecule has 3 nitrogen and oxygen atoms in total. The normalized spacial score (nSPS) is 11.9. The third-order valence-corrected chi connectivity index (χ3v) is 2.12. The zero-order valence-corrected chi connectivity index (χ0v) is 8.83. The van der Waals surface area contributed by atoms with E-state index in [1.807, 2.05) is 20.8 Å². The van der Waals surface area contributed by atoms with Crippen LogP contribution in [0.1, 0.15) is 24.7 Å². The van der Waals surface area contributed by atoms with Crippen LogP contribution >= 0.6 is 0 Å². The number of nitrogens with one attached hydrogen (secondary N) is 1. The summed E-state index contributed by atoms with van der Waals surface area (Å²) in [4.78, 5) is 8.55. The second-order valence-corrected chi connectivity index (χ2v) is 3.20. The van der Waals surface area contributed by atoms with E-state index in [9.17, 15) is 0 Å². The minimum absolute atomic E-state index is 0.0337. The first kappa shape index (κ1) is 10.5. The third-order valence-electron chi connectivity index (χ3n) is 2.12. The van der Waals surface area contributed by atoms with Crippen LogP contribution < -0.4 is 5.32 Å². The Kier molecular flexibility index (Phi) is 3.47. The number of hydrogen-bond donors (Lipinski definition) is 1. The molecular formula is C11H15N3. The van der Waals surface area contributed by atoms with Crippen LogP contribution in [0.2, 0.25) is 0 Å². The Hall–Kier alpha value is -1.56. The average Bonchev–Trinajstić information content (AvgIpc) is 2.19. The first-order valence-corrected chi connectivity index (χ1v) is 4.70. The highest BCUT2D eigenvalue weighted by Gasteiger charge is 2.03. The van der Waals surface area contributed by atoms with Crippen LogP contribution in [0.25, 0.3) is 0 Å². The number of hydrogen-bond acceptors (Lipinski definition) is 3. The lowest BCUT2D eigenvalue weighted by atomic mass is 10.2. The molecule has 1 aromatic heterocycles. The van der Waals surface area contributed by atoms with Gasteiger partial charge in [0.25, 0.3) is 0 Å². The highest BCUT2D eigenvalue weighted by Crippen LogP contribution is 2.07. The monoisotopic (exact) mass is 189 g/mol. The summed E-state index contributed by atoms with van der Waals surface area (Å²) >= 11 is 0. The molecule has 0 saturated carbocycles. The van der Waals surface area contributed by atoms with Gasteiger partial charge in [0.15, 0.2) is 0 Å². The number of nitrogens with zero attached hydrogens (tertiary/aromatic N) is 2. The molecule has 0 amide bonds. The molecule has 1 N–H and O–H groups in total. The summed E-state index contributed by atoms with van der Waals surface area (Å²) in [7, 11) is 0. The Balaban J connectivity index is 2.78. The summed E-state index contributed by atoms with van der Waals surface area (Å²) in [6, 6.07) is 0.0337. The first-order chi connectivity index (χ1) is 6.67. The molecule has 1 unspecified atom stereocenters. The molecule has 74 valence electrons. The van der Waals surface area contributed by atoms with E-state index < -0.39 is 0 Å². The van der Waals surface area contributed by atoms with Gasteiger partial charge in [-0.05, 0) is 20.3 Å². The molecule has 0 aliphatic carbocycles. The van der Waals surface area contributed by atoms with Crippen molar-refractivity contribution in [1.29, 1.82) is 0 Å². The van der Waals surface area contributed by atoms with Crippen LogP contribution in [0.3, 0.4) is 0 Å². The quantitative estimate of drug-likeness (QED) is 0.738. The summed E-state index contributed by atoms with van der Waals surface area (Å²) in [6.45, 7) is 5.90. The van der Waals surface area contributed by atoms with Crippen molar-refractivity contribution in [3.05, 3.63) is 17.6 Å². The van der Waals surface area contributed by atoms with Crippen LogP contribution in [0.15, 0.2) is 6.20 Å². The van der Waals surface area contributed by atoms with Crippen LogP contribution in [0.4, 0.5) is 5.82 Å². The zero-order chi connectivity index (χ0) is 10.6. The Morgan fingerprint density at radius 1 is 1.50 bits per heavy atom. The van der Waals surface area contributed by atoms with Crippen molar-refractivity contribution < 1.29 is 0 Å². The highest BCUT2D eigenvalue weighted by atomic mass is 15.0. The largest absolute Gasteiger partial charge is 0.355 e. The summed E-state index contributed by atoms with van der Waals surface area (Å²) in [5.41, 5.74) is 1.88. The molecule has 0 aliphatic heterocycles. The van der Waals surface area contributed by atoms with Gasteiger partial charge in [0, 0.05) is 0 Å². The zero-order valence-electron chi connectivity index (χ0n) is 8.83. The molecule has 0 fully saturated rings. The molecule has 3 heteroatoms. The second-order valence-electron chi connectivity index (χ2n) is 3.20. The molecule has 0 bridgehead atoms. The predicted molar refractivity (Wildman–Crippen MR) is 58.0 cm³/mol. The highest BCUT2D eigenvalue weighted by molar-refractivity contribution is 5.36. The maximum absolute atomic E-state index is 5.34. The third kappa shape index (κ3) is 2.46. The molecule has 1 heterocycles. The number of rotatable bonds is 3. The topological polar surface area (TPSA) is 37.8 Å². The van der Waals surface area contributed by atoms with Crippen LogP contribution in [-0.4, -0.2) is 16.0 Å². The fourth-order valence-corrected chi connectivity index (χ4v) is 1.05. The van der Waals surface area contributed by atoms with Crippen molar-refractivity contribution in [3.8, 4) is 12.3 Å². The molecular weight excluding hydrogens is 174 g/mol. The van der Waals surface area contributed by atoms with Crippen LogP contribution in [0, 0.1) is 26.2 Å². The van der Waals surface area contributed by atoms with E-state index in [1.54, 1.807) is 6.20 Å². The van der Waals surface area contributed by atoms with Crippen molar-refractivity contribution in [2.45, 2.75) is 33.2 Å². The van der Waals surface area contributed by atoms with Gasteiger partial charge in [-0.15, -0.1) is 6.42 Å². The standard InChI is InChI=1S/C11H15N3/c1-5-10(6-2)14-11-7-12-8(3)9(4)13-11/h1,7,10H,6H2,2-4H3,(H,13,14). The van der Waals surface area contributed by atoms with Crippen LogP contribution in [0.5, 0.6) is 0 Å². The first-order valence-electron chi connectivity index (χ1n) is 4.70. The van der Waals surface area contributed by atoms with E-state index in [-0.39, 0.29) is 6.04 Å². The van der Waals surface area contributed by atoms with Crippen molar-refractivity contribution >= 4 is 5.82 Å². The predicted octanol–water partition coefficient (Wildman–Crippen LogP) is 1.92. The van der Waals surface area contributed by atoms with E-state index in [2.05, 4.69) is 21.2 Å². The van der Waals surface area contributed by atoms with Gasteiger partial charge in [-0.2, -0.15) is 0 Å². The molecule has 0 spiro atoms. The SMILES string of the molecule is C#CC(CC)Nc1cnc(C)c(C)n1. The van der Waals surface area contributed by atoms with Gasteiger partial charge < -0.3 is 5.32 Å². The lowest BCUT2D eigenvalue weighted by Crippen LogP contribution is -2.17. The van der Waals surface area contributed by atoms with Crippen LogP contribution in [-0.2, 0) is 0 Å². The van der Waals surface area contributed by atoms with E-state index in [1.165, 1.54) is 0 Å². The van der Waals surface area contributed by atoms with Gasteiger partial charge in [-0.3, -0.25) is 4.98 Å². The van der Waals surface area contributed by atoms with Crippen molar-refractivity contribution in [1.82, 2.24) is 9.97 Å². The maximum atomic E-state index is 5.34. The van der Waals surface area contributed by atoms with Gasteiger partial charge in [0.1, 0.15) is 5.82 Å². The van der Waals surface area contributed by atoms with E-state index in [0.29, 0.717) is 0 Å². The van der Waals surface area contributed by atoms with Crippen molar-refractivity contribution in [2.75, 3.05) is 5.32 Å². The van der Waals surface area contributed by atoms with Gasteiger partial charge in [-0.25, -0.2) is 4.98 Å². The molecule has 0 aliphatic rings. The summed E-state index contributed by atoms with van der Waals surface area (Å²) in [5, 5.41) is 3.14. The smallest absolute Gasteiger partial charge is 0.145 e. The summed E-state index contributed by atoms with van der Waals surface area (Å²) < 4.78 is 0. The van der Waals surface area contributed by atoms with Gasteiger partial charge in [0.2, 0.25) is 0 Å². The minimum atomic E-state index is 0.0337. The number of terminal acetylenes is 1. The molecule has 0 aromatic carbocycles. The fourth-order valence-electron chi connectivity index (χ4n) is 1.05. The summed E-state index contributed by atoms with van der Waals surface area (Å²) in [6.07, 6.45) is 7.93. The second kappa shape index (κ2) is 4.61. The van der Waals surface area contributed by atoms with Gasteiger partial charge >= 0.3 is 0 Å². The molecule has 1 rings (SSSR count). The Morgan fingerprint density at radius 3 is 2.71 bits per heavy atom. The average molecular weight is 189 g/mol. The molecule has 0 saturated heterocycles. The Morgan fingerprint density at radius 2 is 2.21 bits per heavy atom. The number of anilines is 1. The van der Waals surface area contributed by atoms with Gasteiger partial charge in [-0.1, -0.05) is 12.8 Å². The van der Waals surface area contributed by atoms with Crippen molar-refractivity contribution in [3.63, 3.8) is 0 Å². The minimum Gasteiger partial charge on any atom is -0.355 e. The fraction of sp³-hybridized carbons (Fsp3) is 0.455. The molecule has 1 atom stereocenters. The maximum Gasteiger partial charge on any atom is 0.145 e. The van der Waals surface area contributed by atoms with E-state index >= 15 is 0 Å². The molecule has 14 heavy (non-hydrogen) atoms.